The molecule has 0 aromatic heterocycles. The van der Waals surface area contributed by atoms with Gasteiger partial charge in [-0.3, -0.25) is 4.79 Å². The molecule has 128 valence electrons. The third-order valence-corrected chi connectivity index (χ3v) is 5.46. The van der Waals surface area contributed by atoms with E-state index in [1.807, 2.05) is 6.92 Å². The van der Waals surface area contributed by atoms with Gasteiger partial charge in [0.05, 0.1) is 18.4 Å². The number of sulfonamides is 1. The average Bonchev–Trinajstić information content (AvgIpc) is 2.93. The summed E-state index contributed by atoms with van der Waals surface area (Å²) >= 11 is 0. The summed E-state index contributed by atoms with van der Waals surface area (Å²) in [7, 11) is -2.26. The molecule has 1 fully saturated rings. The fourth-order valence-electron chi connectivity index (χ4n) is 2.73. The Hall–Kier alpha value is -1.64. The van der Waals surface area contributed by atoms with Gasteiger partial charge in [0.15, 0.2) is 0 Å². The molecule has 1 heterocycles. The largest absolute Gasteiger partial charge is 0.496 e. The van der Waals surface area contributed by atoms with Crippen LogP contribution in [0.3, 0.4) is 0 Å². The van der Waals surface area contributed by atoms with E-state index in [4.69, 9.17) is 9.84 Å². The van der Waals surface area contributed by atoms with Crippen LogP contribution in [0.4, 0.5) is 0 Å². The van der Waals surface area contributed by atoms with Crippen LogP contribution in [0.5, 0.6) is 5.75 Å². The van der Waals surface area contributed by atoms with E-state index in [0.717, 1.165) is 19.5 Å². The lowest BCUT2D eigenvalue weighted by Gasteiger charge is -2.16. The molecule has 0 spiro atoms. The molecule has 23 heavy (non-hydrogen) atoms. The number of carbonyl (C=O) groups is 1. The highest BCUT2D eigenvalue weighted by Crippen LogP contribution is 2.23. The Balaban J connectivity index is 2.20. The Labute approximate surface area is 136 Å². The van der Waals surface area contributed by atoms with Crippen molar-refractivity contribution in [2.24, 2.45) is 0 Å². The predicted molar refractivity (Wildman–Crippen MR) is 85.2 cm³/mol. The molecule has 2 rings (SSSR count). The van der Waals surface area contributed by atoms with E-state index >= 15 is 0 Å². The molecule has 1 unspecified atom stereocenters. The minimum absolute atomic E-state index is 0.0597. The Bertz CT molecular complexity index is 674. The number of hydrogen-bond donors (Lipinski definition) is 2. The lowest BCUT2D eigenvalue weighted by Crippen LogP contribution is -2.37. The van der Waals surface area contributed by atoms with Crippen molar-refractivity contribution in [2.75, 3.05) is 26.7 Å². The summed E-state index contributed by atoms with van der Waals surface area (Å²) in [5, 5.41) is 8.94. The number of nitrogens with zero attached hydrogens (tertiary/aromatic N) is 1. The van der Waals surface area contributed by atoms with Crippen molar-refractivity contribution >= 4 is 16.0 Å². The second-order valence-electron chi connectivity index (χ2n) is 5.54. The minimum Gasteiger partial charge on any atom is -0.496 e. The van der Waals surface area contributed by atoms with E-state index in [0.29, 0.717) is 17.9 Å². The van der Waals surface area contributed by atoms with Gasteiger partial charge in [-0.25, -0.2) is 13.1 Å². The van der Waals surface area contributed by atoms with Crippen LogP contribution in [0.2, 0.25) is 0 Å². The van der Waals surface area contributed by atoms with E-state index in [-0.39, 0.29) is 17.4 Å². The normalized spacial score (nSPS) is 19.0. The van der Waals surface area contributed by atoms with E-state index < -0.39 is 16.0 Å². The number of likely N-dealkylation sites (tertiary alicyclic amines) is 1. The van der Waals surface area contributed by atoms with Crippen LogP contribution in [-0.2, 0) is 21.2 Å². The van der Waals surface area contributed by atoms with Gasteiger partial charge in [0.25, 0.3) is 0 Å². The Morgan fingerprint density at radius 3 is 2.78 bits per heavy atom. The van der Waals surface area contributed by atoms with Gasteiger partial charge in [0, 0.05) is 18.2 Å². The van der Waals surface area contributed by atoms with Crippen molar-refractivity contribution in [3.8, 4) is 5.75 Å². The monoisotopic (exact) mass is 342 g/mol. The number of aliphatic carboxylic acids is 1. The third-order valence-electron chi connectivity index (χ3n) is 3.95. The number of ether oxygens (including phenoxy) is 1. The summed E-state index contributed by atoms with van der Waals surface area (Å²) in [6.07, 6.45) is 0.477. The molecule has 0 aliphatic carbocycles. The highest BCUT2D eigenvalue weighted by molar-refractivity contribution is 7.89. The Kier molecular flexibility index (Phi) is 5.61. The molecule has 0 amide bonds. The van der Waals surface area contributed by atoms with E-state index in [2.05, 4.69) is 9.62 Å². The van der Waals surface area contributed by atoms with Crippen molar-refractivity contribution in [3.63, 3.8) is 0 Å². The van der Waals surface area contributed by atoms with Crippen molar-refractivity contribution in [1.82, 2.24) is 9.62 Å². The molecule has 1 saturated heterocycles. The SMILES string of the molecule is CCN1CCC(NS(=O)(=O)c2ccc(OC)c(CC(=O)O)c2)C1. The van der Waals surface area contributed by atoms with Crippen LogP contribution in [-0.4, -0.2) is 57.2 Å². The number of methoxy groups -OCH3 is 1. The van der Waals surface area contributed by atoms with Gasteiger partial charge in [-0.2, -0.15) is 0 Å². The number of likely N-dealkylation sites (N-methyl/N-ethyl adjacent to an activating group) is 1. The molecule has 7 nitrogen and oxygen atoms in total. The van der Waals surface area contributed by atoms with Crippen LogP contribution < -0.4 is 9.46 Å². The van der Waals surface area contributed by atoms with Gasteiger partial charge >= 0.3 is 5.97 Å². The van der Waals surface area contributed by atoms with Crippen LogP contribution in [0.25, 0.3) is 0 Å². The summed E-state index contributed by atoms with van der Waals surface area (Å²) in [5.74, 6) is -0.676. The van der Waals surface area contributed by atoms with Crippen molar-refractivity contribution in [1.29, 1.82) is 0 Å². The van der Waals surface area contributed by atoms with Gasteiger partial charge in [0.1, 0.15) is 5.75 Å². The van der Waals surface area contributed by atoms with Crippen LogP contribution in [0, 0.1) is 0 Å². The number of benzene rings is 1. The number of nitrogens with one attached hydrogen (secondary N) is 1. The van der Waals surface area contributed by atoms with E-state index in [1.165, 1.54) is 25.3 Å². The highest BCUT2D eigenvalue weighted by atomic mass is 32.2. The number of hydrogen-bond acceptors (Lipinski definition) is 5. The molecule has 0 radical (unpaired) electrons. The standard InChI is InChI=1S/C15H22N2O5S/c1-3-17-7-6-12(10-17)16-23(20,21)13-4-5-14(22-2)11(8-13)9-15(18)19/h4-5,8,12,16H,3,6-7,9-10H2,1-2H3,(H,18,19). The zero-order chi connectivity index (χ0) is 17.0. The van der Waals surface area contributed by atoms with Crippen molar-refractivity contribution in [2.45, 2.75) is 30.7 Å². The smallest absolute Gasteiger partial charge is 0.307 e. The fraction of sp³-hybridized carbons (Fsp3) is 0.533. The topological polar surface area (TPSA) is 95.9 Å². The molecule has 1 atom stereocenters. The molecule has 1 aliphatic heterocycles. The van der Waals surface area contributed by atoms with E-state index in [9.17, 15) is 13.2 Å². The Morgan fingerprint density at radius 1 is 1.48 bits per heavy atom. The molecule has 1 aromatic rings. The Morgan fingerprint density at radius 2 is 2.22 bits per heavy atom. The fourth-order valence-corrected chi connectivity index (χ4v) is 4.04. The minimum atomic E-state index is -3.68. The first-order valence-electron chi connectivity index (χ1n) is 7.49. The molecular formula is C15H22N2O5S. The van der Waals surface area contributed by atoms with Crippen LogP contribution in [0.15, 0.2) is 23.1 Å². The summed E-state index contributed by atoms with van der Waals surface area (Å²) < 4.78 is 32.8. The predicted octanol–water partition coefficient (Wildman–Crippen LogP) is 0.695. The molecule has 8 heteroatoms. The van der Waals surface area contributed by atoms with Gasteiger partial charge < -0.3 is 14.7 Å². The van der Waals surface area contributed by atoms with E-state index in [1.54, 1.807) is 0 Å². The number of carboxylic acid groups (broad SMARTS) is 1. The third kappa shape index (κ3) is 4.43. The number of rotatable bonds is 7. The second kappa shape index (κ2) is 7.29. The zero-order valence-corrected chi connectivity index (χ0v) is 14.1. The molecule has 1 aliphatic rings. The van der Waals surface area contributed by atoms with Crippen molar-refractivity contribution in [3.05, 3.63) is 23.8 Å². The van der Waals surface area contributed by atoms with Gasteiger partial charge in [-0.05, 0) is 37.7 Å². The number of carboxylic acids is 1. The van der Waals surface area contributed by atoms with Gasteiger partial charge in [-0.15, -0.1) is 0 Å². The maximum Gasteiger partial charge on any atom is 0.307 e. The molecule has 2 N–H and O–H groups in total. The summed E-state index contributed by atoms with van der Waals surface area (Å²) in [5.41, 5.74) is 0.337. The maximum atomic E-state index is 12.5. The molecule has 0 saturated carbocycles. The van der Waals surface area contributed by atoms with Crippen LogP contribution >= 0.6 is 0 Å². The maximum absolute atomic E-state index is 12.5. The summed E-state index contributed by atoms with van der Waals surface area (Å²) in [6.45, 7) is 4.49. The first-order chi connectivity index (χ1) is 10.9. The molecule has 0 bridgehead atoms. The van der Waals surface area contributed by atoms with Gasteiger partial charge in [-0.1, -0.05) is 6.92 Å². The lowest BCUT2D eigenvalue weighted by molar-refractivity contribution is -0.136. The van der Waals surface area contributed by atoms with Crippen molar-refractivity contribution < 1.29 is 23.1 Å². The highest BCUT2D eigenvalue weighted by Gasteiger charge is 2.27. The summed E-state index contributed by atoms with van der Waals surface area (Å²) in [4.78, 5) is 13.2. The molecule has 1 aromatic carbocycles. The lowest BCUT2D eigenvalue weighted by atomic mass is 10.1. The molecular weight excluding hydrogens is 320 g/mol. The first-order valence-corrected chi connectivity index (χ1v) is 8.97. The van der Waals surface area contributed by atoms with Crippen LogP contribution in [0.1, 0.15) is 18.9 Å². The zero-order valence-electron chi connectivity index (χ0n) is 13.3. The first kappa shape index (κ1) is 17.7. The summed E-state index contributed by atoms with van der Waals surface area (Å²) in [6, 6.07) is 4.16. The quantitative estimate of drug-likeness (QED) is 0.757. The second-order valence-corrected chi connectivity index (χ2v) is 7.26. The average molecular weight is 342 g/mol. The van der Waals surface area contributed by atoms with Gasteiger partial charge in [0.2, 0.25) is 10.0 Å².